The third-order valence-electron chi connectivity index (χ3n) is 4.31. The molecule has 2 N–H and O–H groups in total. The van der Waals surface area contributed by atoms with Gasteiger partial charge in [0.1, 0.15) is 16.4 Å². The number of benzene rings is 1. The molecule has 0 saturated carbocycles. The molecule has 166 valence electrons. The molecular weight excluding hydrogens is 418 g/mol. The predicted octanol–water partition coefficient (Wildman–Crippen LogP) is 4.76. The topological polar surface area (TPSA) is 93.3 Å². The molecule has 0 saturated heterocycles. The van der Waals surface area contributed by atoms with Crippen LogP contribution < -0.4 is 5.32 Å². The predicted molar refractivity (Wildman–Crippen MR) is 121 cm³/mol. The first-order valence-electron chi connectivity index (χ1n) is 10.1. The molecule has 8 heteroatoms. The van der Waals surface area contributed by atoms with E-state index in [9.17, 15) is 9.59 Å². The zero-order valence-electron chi connectivity index (χ0n) is 18.7. The van der Waals surface area contributed by atoms with Gasteiger partial charge >= 0.3 is 11.9 Å². The van der Waals surface area contributed by atoms with E-state index in [-0.39, 0.29) is 19.1 Å². The van der Waals surface area contributed by atoms with Crippen molar-refractivity contribution in [1.29, 1.82) is 0 Å². The van der Waals surface area contributed by atoms with Gasteiger partial charge in [0, 0.05) is 34.6 Å². The van der Waals surface area contributed by atoms with Gasteiger partial charge in [0.2, 0.25) is 0 Å². The van der Waals surface area contributed by atoms with Crippen molar-refractivity contribution in [2.75, 3.05) is 6.54 Å². The maximum Gasteiger partial charge on any atom is 0.341 e. The van der Waals surface area contributed by atoms with E-state index >= 15 is 0 Å². The van der Waals surface area contributed by atoms with Crippen LogP contribution in [0.15, 0.2) is 24.4 Å². The Bertz CT molecular complexity index is 1140. The van der Waals surface area contributed by atoms with Crippen LogP contribution in [0, 0.1) is 0 Å². The number of ether oxygens (including phenoxy) is 2. The van der Waals surface area contributed by atoms with Crippen molar-refractivity contribution >= 4 is 45.2 Å². The summed E-state index contributed by atoms with van der Waals surface area (Å²) in [5.41, 5.74) is 0.598. The van der Waals surface area contributed by atoms with Crippen LogP contribution in [-0.2, 0) is 20.8 Å². The van der Waals surface area contributed by atoms with Crippen LogP contribution in [0.3, 0.4) is 0 Å². The molecule has 2 aromatic heterocycles. The van der Waals surface area contributed by atoms with Crippen molar-refractivity contribution in [2.45, 2.75) is 59.3 Å². The maximum absolute atomic E-state index is 13.0. The lowest BCUT2D eigenvalue weighted by atomic mass is 10.1. The Morgan fingerprint density at radius 3 is 2.39 bits per heavy atom. The van der Waals surface area contributed by atoms with Gasteiger partial charge in [-0.15, -0.1) is 0 Å². The largest absolute Gasteiger partial charge is 0.459 e. The highest BCUT2D eigenvalue weighted by atomic mass is 35.5. The summed E-state index contributed by atoms with van der Waals surface area (Å²) in [6.07, 6.45) is 1.69. The van der Waals surface area contributed by atoms with Crippen LogP contribution in [-0.4, -0.2) is 39.7 Å². The van der Waals surface area contributed by atoms with E-state index in [1.807, 2.05) is 53.7 Å². The molecule has 0 aliphatic heterocycles. The average molecular weight is 446 g/mol. The summed E-state index contributed by atoms with van der Waals surface area (Å²) < 4.78 is 11.0. The quantitative estimate of drug-likeness (QED) is 0.434. The second kappa shape index (κ2) is 8.48. The molecule has 0 aliphatic rings. The molecule has 0 spiro atoms. The van der Waals surface area contributed by atoms with E-state index < -0.39 is 17.2 Å². The number of carbonyl (C=O) groups is 2. The van der Waals surface area contributed by atoms with Gasteiger partial charge in [-0.05, 0) is 47.6 Å². The van der Waals surface area contributed by atoms with E-state index in [1.54, 1.807) is 12.3 Å². The zero-order chi connectivity index (χ0) is 23.0. The summed E-state index contributed by atoms with van der Waals surface area (Å²) in [4.78, 5) is 32.5. The number of hydrogen-bond acceptors (Lipinski definition) is 6. The number of carbonyl (C=O) groups excluding carboxylic acids is 2. The Hall–Kier alpha value is -2.64. The van der Waals surface area contributed by atoms with Crippen LogP contribution in [0.1, 0.15) is 57.6 Å². The van der Waals surface area contributed by atoms with Gasteiger partial charge in [-0.25, -0.2) is 9.78 Å². The average Bonchev–Trinajstić information content (AvgIpc) is 2.97. The molecule has 0 fully saturated rings. The normalized spacial score (nSPS) is 12.4. The summed E-state index contributed by atoms with van der Waals surface area (Å²) in [6, 6.07) is 5.51. The Kier molecular flexibility index (Phi) is 6.30. The molecular formula is C23H28ClN3O4. The molecule has 0 unspecified atom stereocenters. The fourth-order valence-electron chi connectivity index (χ4n) is 3.27. The summed E-state index contributed by atoms with van der Waals surface area (Å²) in [5.74, 6) is -0.807. The lowest BCUT2D eigenvalue weighted by molar-refractivity contribution is -0.153. The van der Waals surface area contributed by atoms with Gasteiger partial charge in [0.15, 0.2) is 0 Å². The number of aromatic nitrogens is 2. The molecule has 0 amide bonds. The van der Waals surface area contributed by atoms with Gasteiger partial charge in [0.05, 0.1) is 17.6 Å². The van der Waals surface area contributed by atoms with Gasteiger partial charge in [0.25, 0.3) is 0 Å². The number of pyridine rings is 1. The SMILES string of the molecule is CC(C)(C)OC(=O)CNCc1[nH]c2c(ccc3cnc(Cl)cc32)c1C(=O)OC(C)(C)C. The molecule has 31 heavy (non-hydrogen) atoms. The first-order valence-corrected chi connectivity index (χ1v) is 10.5. The van der Waals surface area contributed by atoms with Gasteiger partial charge in [-0.1, -0.05) is 23.7 Å². The maximum atomic E-state index is 13.0. The number of hydrogen-bond donors (Lipinski definition) is 2. The van der Waals surface area contributed by atoms with Crippen LogP contribution in [0.2, 0.25) is 5.15 Å². The molecule has 3 rings (SSSR count). The highest BCUT2D eigenvalue weighted by Crippen LogP contribution is 2.31. The third kappa shape index (κ3) is 5.74. The molecule has 0 atom stereocenters. The molecule has 0 aliphatic carbocycles. The highest BCUT2D eigenvalue weighted by molar-refractivity contribution is 6.30. The van der Waals surface area contributed by atoms with E-state index in [1.165, 1.54) is 0 Å². The zero-order valence-corrected chi connectivity index (χ0v) is 19.4. The van der Waals surface area contributed by atoms with Crippen molar-refractivity contribution in [3.05, 3.63) is 40.8 Å². The number of nitrogens with one attached hydrogen (secondary N) is 2. The summed E-state index contributed by atoms with van der Waals surface area (Å²) >= 11 is 6.11. The molecule has 0 radical (unpaired) electrons. The fraction of sp³-hybridized carbons (Fsp3) is 0.435. The first-order chi connectivity index (χ1) is 14.3. The highest BCUT2D eigenvalue weighted by Gasteiger charge is 2.25. The fourth-order valence-corrected chi connectivity index (χ4v) is 3.43. The Morgan fingerprint density at radius 2 is 1.74 bits per heavy atom. The smallest absolute Gasteiger partial charge is 0.341 e. The number of nitrogens with zero attached hydrogens (tertiary/aromatic N) is 1. The van der Waals surface area contributed by atoms with E-state index in [2.05, 4.69) is 15.3 Å². The summed E-state index contributed by atoms with van der Waals surface area (Å²) in [5, 5.41) is 5.87. The van der Waals surface area contributed by atoms with Crippen molar-refractivity contribution < 1.29 is 19.1 Å². The number of aromatic amines is 1. The molecule has 7 nitrogen and oxygen atoms in total. The lowest BCUT2D eigenvalue weighted by Gasteiger charge is -2.20. The van der Waals surface area contributed by atoms with E-state index in [4.69, 9.17) is 21.1 Å². The minimum atomic E-state index is -0.647. The number of esters is 2. The van der Waals surface area contributed by atoms with Crippen molar-refractivity contribution in [3.8, 4) is 0 Å². The van der Waals surface area contributed by atoms with Crippen molar-refractivity contribution in [3.63, 3.8) is 0 Å². The van der Waals surface area contributed by atoms with Crippen LogP contribution in [0.5, 0.6) is 0 Å². The lowest BCUT2D eigenvalue weighted by Crippen LogP contribution is -2.31. The monoisotopic (exact) mass is 445 g/mol. The molecule has 0 bridgehead atoms. The molecule has 1 aromatic carbocycles. The summed E-state index contributed by atoms with van der Waals surface area (Å²) in [6.45, 7) is 11.2. The summed E-state index contributed by atoms with van der Waals surface area (Å²) in [7, 11) is 0. The number of H-pyrrole nitrogens is 1. The minimum Gasteiger partial charge on any atom is -0.459 e. The third-order valence-corrected chi connectivity index (χ3v) is 4.52. The van der Waals surface area contributed by atoms with Crippen molar-refractivity contribution in [1.82, 2.24) is 15.3 Å². The second-order valence-corrected chi connectivity index (χ2v) is 9.77. The van der Waals surface area contributed by atoms with Crippen LogP contribution >= 0.6 is 11.6 Å². The first kappa shape index (κ1) is 23.0. The van der Waals surface area contributed by atoms with Crippen LogP contribution in [0.4, 0.5) is 0 Å². The Labute approximate surface area is 186 Å². The standard InChI is InChI=1S/C23H28ClN3O4/c1-22(2,3)30-18(28)12-25-11-16-19(21(29)31-23(4,5)6)14-8-7-13-10-26-17(24)9-15(13)20(14)27-16/h7-10,25,27H,11-12H2,1-6H3. The number of fused-ring (bicyclic) bond motifs is 3. The molecule has 3 aromatic rings. The minimum absolute atomic E-state index is 0.0108. The Balaban J connectivity index is 1.99. The Morgan fingerprint density at radius 1 is 1.06 bits per heavy atom. The molecule has 2 heterocycles. The van der Waals surface area contributed by atoms with Gasteiger partial charge in [-0.2, -0.15) is 0 Å². The second-order valence-electron chi connectivity index (χ2n) is 9.39. The van der Waals surface area contributed by atoms with Crippen LogP contribution in [0.25, 0.3) is 21.7 Å². The number of halogens is 1. The van der Waals surface area contributed by atoms with Gasteiger partial charge < -0.3 is 19.8 Å². The van der Waals surface area contributed by atoms with E-state index in [0.717, 1.165) is 21.7 Å². The number of rotatable bonds is 5. The van der Waals surface area contributed by atoms with E-state index in [0.29, 0.717) is 16.4 Å². The van der Waals surface area contributed by atoms with Crippen molar-refractivity contribution in [2.24, 2.45) is 0 Å². The van der Waals surface area contributed by atoms with Gasteiger partial charge in [-0.3, -0.25) is 4.79 Å².